The lowest BCUT2D eigenvalue weighted by Crippen LogP contribution is -1.96. The normalized spacial score (nSPS) is 10.5. The molecule has 2 aromatic rings. The SMILES string of the molecule is Cc1c(CSc2cc(Br)ccc2N)cccc1[N+](=O)[O-]. The van der Waals surface area contributed by atoms with E-state index in [1.807, 2.05) is 24.3 Å². The molecular weight excluding hydrogens is 340 g/mol. The third kappa shape index (κ3) is 3.32. The summed E-state index contributed by atoms with van der Waals surface area (Å²) in [4.78, 5) is 11.5. The number of thioether (sulfide) groups is 1. The zero-order valence-electron chi connectivity index (χ0n) is 10.8. The zero-order valence-corrected chi connectivity index (χ0v) is 13.2. The second-order valence-electron chi connectivity index (χ2n) is 4.29. The largest absolute Gasteiger partial charge is 0.398 e. The van der Waals surface area contributed by atoms with E-state index in [-0.39, 0.29) is 10.6 Å². The van der Waals surface area contributed by atoms with Crippen LogP contribution in [0.25, 0.3) is 0 Å². The Kier molecular flexibility index (Phi) is 4.67. The quantitative estimate of drug-likeness (QED) is 0.379. The lowest BCUT2D eigenvalue weighted by atomic mass is 10.1. The standard InChI is InChI=1S/C14H13BrN2O2S/c1-9-10(3-2-4-13(9)17(18)19)8-20-14-7-11(15)5-6-12(14)16/h2-7H,8,16H2,1H3. The molecule has 0 bridgehead atoms. The van der Waals surface area contributed by atoms with Gasteiger partial charge in [0.25, 0.3) is 5.69 Å². The molecular formula is C14H13BrN2O2S. The molecule has 2 aromatic carbocycles. The van der Waals surface area contributed by atoms with E-state index in [0.29, 0.717) is 17.0 Å². The van der Waals surface area contributed by atoms with Gasteiger partial charge in [0.2, 0.25) is 0 Å². The van der Waals surface area contributed by atoms with Crippen molar-refractivity contribution in [2.24, 2.45) is 0 Å². The third-order valence-corrected chi connectivity index (χ3v) is 4.59. The maximum absolute atomic E-state index is 10.9. The molecule has 0 spiro atoms. The average molecular weight is 353 g/mol. The topological polar surface area (TPSA) is 69.2 Å². The molecule has 0 heterocycles. The molecule has 104 valence electrons. The number of halogens is 1. The minimum absolute atomic E-state index is 0.158. The Morgan fingerprint density at radius 3 is 2.80 bits per heavy atom. The molecule has 0 radical (unpaired) electrons. The van der Waals surface area contributed by atoms with Gasteiger partial charge in [-0.2, -0.15) is 0 Å². The van der Waals surface area contributed by atoms with Crippen molar-refractivity contribution in [1.29, 1.82) is 0 Å². The van der Waals surface area contributed by atoms with Crippen LogP contribution in [0.15, 0.2) is 45.8 Å². The predicted octanol–water partition coefficient (Wildman–Crippen LogP) is 4.54. The van der Waals surface area contributed by atoms with Gasteiger partial charge in [-0.25, -0.2) is 0 Å². The molecule has 0 saturated carbocycles. The first kappa shape index (κ1) is 14.9. The summed E-state index contributed by atoms with van der Waals surface area (Å²) < 4.78 is 0.963. The van der Waals surface area contributed by atoms with Crippen LogP contribution in [0.1, 0.15) is 11.1 Å². The van der Waals surface area contributed by atoms with E-state index in [1.165, 1.54) is 6.07 Å². The molecule has 6 heteroatoms. The van der Waals surface area contributed by atoms with Crippen LogP contribution in [0.2, 0.25) is 0 Å². The second-order valence-corrected chi connectivity index (χ2v) is 6.22. The molecule has 0 aliphatic rings. The highest BCUT2D eigenvalue weighted by Gasteiger charge is 2.13. The summed E-state index contributed by atoms with van der Waals surface area (Å²) in [5, 5.41) is 10.9. The first-order chi connectivity index (χ1) is 9.49. The summed E-state index contributed by atoms with van der Waals surface area (Å²) in [6.45, 7) is 1.78. The highest BCUT2D eigenvalue weighted by Crippen LogP contribution is 2.32. The van der Waals surface area contributed by atoms with E-state index in [9.17, 15) is 10.1 Å². The number of nitrogens with two attached hydrogens (primary N) is 1. The van der Waals surface area contributed by atoms with Gasteiger partial charge < -0.3 is 5.73 Å². The number of nitro benzene ring substituents is 1. The number of hydrogen-bond donors (Lipinski definition) is 1. The molecule has 4 nitrogen and oxygen atoms in total. The maximum atomic E-state index is 10.9. The lowest BCUT2D eigenvalue weighted by molar-refractivity contribution is -0.385. The first-order valence-electron chi connectivity index (χ1n) is 5.89. The monoisotopic (exact) mass is 352 g/mol. The Bertz CT molecular complexity index is 662. The molecule has 0 amide bonds. The van der Waals surface area contributed by atoms with E-state index in [2.05, 4.69) is 15.9 Å². The zero-order chi connectivity index (χ0) is 14.7. The van der Waals surface area contributed by atoms with E-state index in [4.69, 9.17) is 5.73 Å². The molecule has 0 aliphatic heterocycles. The fourth-order valence-electron chi connectivity index (χ4n) is 1.81. The summed E-state index contributed by atoms with van der Waals surface area (Å²) in [6, 6.07) is 10.8. The Morgan fingerprint density at radius 1 is 1.35 bits per heavy atom. The first-order valence-corrected chi connectivity index (χ1v) is 7.67. The molecule has 0 aliphatic carbocycles. The lowest BCUT2D eigenvalue weighted by Gasteiger charge is -2.08. The summed E-state index contributed by atoms with van der Waals surface area (Å²) in [5.41, 5.74) is 8.44. The highest BCUT2D eigenvalue weighted by atomic mass is 79.9. The summed E-state index contributed by atoms with van der Waals surface area (Å²) in [6.07, 6.45) is 0. The van der Waals surface area contributed by atoms with Crippen LogP contribution in [0.3, 0.4) is 0 Å². The van der Waals surface area contributed by atoms with E-state index in [0.717, 1.165) is 14.9 Å². The fourth-order valence-corrected chi connectivity index (χ4v) is 3.39. The Labute approximate surface area is 129 Å². The van der Waals surface area contributed by atoms with Crippen LogP contribution in [-0.4, -0.2) is 4.92 Å². The Balaban J connectivity index is 2.21. The Hall–Kier alpha value is -1.53. The summed E-state index contributed by atoms with van der Waals surface area (Å²) in [7, 11) is 0. The van der Waals surface area contributed by atoms with Gasteiger partial charge in [-0.3, -0.25) is 10.1 Å². The van der Waals surface area contributed by atoms with E-state index >= 15 is 0 Å². The Morgan fingerprint density at radius 2 is 2.10 bits per heavy atom. The number of benzene rings is 2. The van der Waals surface area contributed by atoms with Crippen LogP contribution in [0.5, 0.6) is 0 Å². The highest BCUT2D eigenvalue weighted by molar-refractivity contribution is 9.10. The number of anilines is 1. The van der Waals surface area contributed by atoms with Gasteiger partial charge in [0, 0.05) is 32.4 Å². The number of nitrogens with zero attached hydrogens (tertiary/aromatic N) is 1. The molecule has 0 fully saturated rings. The van der Waals surface area contributed by atoms with Gasteiger partial charge in [0.05, 0.1) is 4.92 Å². The van der Waals surface area contributed by atoms with Gasteiger partial charge >= 0.3 is 0 Å². The molecule has 20 heavy (non-hydrogen) atoms. The van der Waals surface area contributed by atoms with E-state index in [1.54, 1.807) is 24.8 Å². The van der Waals surface area contributed by atoms with Gasteiger partial charge in [0.1, 0.15) is 0 Å². The fraction of sp³-hybridized carbons (Fsp3) is 0.143. The van der Waals surface area contributed by atoms with Crippen molar-refractivity contribution < 1.29 is 4.92 Å². The van der Waals surface area contributed by atoms with Gasteiger partial charge in [-0.15, -0.1) is 11.8 Å². The molecule has 0 atom stereocenters. The molecule has 2 N–H and O–H groups in total. The van der Waals surface area contributed by atoms with Crippen LogP contribution in [0.4, 0.5) is 11.4 Å². The number of nitro groups is 1. The maximum Gasteiger partial charge on any atom is 0.272 e. The summed E-state index contributed by atoms with van der Waals surface area (Å²) >= 11 is 4.98. The van der Waals surface area contributed by atoms with Crippen molar-refractivity contribution in [1.82, 2.24) is 0 Å². The van der Waals surface area contributed by atoms with Crippen molar-refractivity contribution in [2.75, 3.05) is 5.73 Å². The molecule has 2 rings (SSSR count). The van der Waals surface area contributed by atoms with Gasteiger partial charge in [-0.1, -0.05) is 28.1 Å². The number of nitrogen functional groups attached to an aromatic ring is 1. The van der Waals surface area contributed by atoms with Crippen molar-refractivity contribution >= 4 is 39.1 Å². The van der Waals surface area contributed by atoms with Crippen LogP contribution in [-0.2, 0) is 5.75 Å². The van der Waals surface area contributed by atoms with Crippen molar-refractivity contribution in [3.63, 3.8) is 0 Å². The van der Waals surface area contributed by atoms with Crippen molar-refractivity contribution in [3.05, 3.63) is 62.1 Å². The smallest absolute Gasteiger partial charge is 0.272 e. The van der Waals surface area contributed by atoms with Crippen LogP contribution >= 0.6 is 27.7 Å². The number of hydrogen-bond acceptors (Lipinski definition) is 4. The minimum Gasteiger partial charge on any atom is -0.398 e. The molecule has 0 saturated heterocycles. The molecule has 0 aromatic heterocycles. The van der Waals surface area contributed by atoms with Crippen molar-refractivity contribution in [3.8, 4) is 0 Å². The average Bonchev–Trinajstić information content (AvgIpc) is 2.41. The van der Waals surface area contributed by atoms with Crippen LogP contribution in [0, 0.1) is 17.0 Å². The number of rotatable bonds is 4. The van der Waals surface area contributed by atoms with Crippen LogP contribution < -0.4 is 5.73 Å². The van der Waals surface area contributed by atoms with E-state index < -0.39 is 0 Å². The van der Waals surface area contributed by atoms with Crippen molar-refractivity contribution in [2.45, 2.75) is 17.6 Å². The summed E-state index contributed by atoms with van der Waals surface area (Å²) in [5.74, 6) is 0.647. The van der Waals surface area contributed by atoms with Gasteiger partial charge in [0.15, 0.2) is 0 Å². The second kappa shape index (κ2) is 6.28. The molecule has 0 unspecified atom stereocenters. The minimum atomic E-state index is -0.350. The predicted molar refractivity (Wildman–Crippen MR) is 85.9 cm³/mol. The van der Waals surface area contributed by atoms with Gasteiger partial charge in [-0.05, 0) is 30.7 Å². The third-order valence-electron chi connectivity index (χ3n) is 2.97.